The van der Waals surface area contributed by atoms with E-state index in [9.17, 15) is 0 Å². The third-order valence-electron chi connectivity index (χ3n) is 4.61. The first kappa shape index (κ1) is 11.4. The Hall–Kier alpha value is -0.0800. The zero-order chi connectivity index (χ0) is 10.7. The predicted molar refractivity (Wildman–Crippen MR) is 65.1 cm³/mol. The molecule has 0 aromatic carbocycles. The van der Waals surface area contributed by atoms with Crippen molar-refractivity contribution in [3.05, 3.63) is 0 Å². The molecule has 2 aliphatic heterocycles. The summed E-state index contributed by atoms with van der Waals surface area (Å²) in [7, 11) is 0. The summed E-state index contributed by atoms with van der Waals surface area (Å²) < 4.78 is 0. The fourth-order valence-electron chi connectivity index (χ4n) is 3.08. The predicted octanol–water partition coefficient (Wildman–Crippen LogP) is 2.25. The standard InChI is InChI=1S/C13H26N2/c1-3-13(4-2)10-15(11-13)12-7-5-6-8-14-9-12/h12,14H,3-11H2,1-2H3. The highest BCUT2D eigenvalue weighted by atomic mass is 15.2. The lowest BCUT2D eigenvalue weighted by atomic mass is 9.74. The lowest BCUT2D eigenvalue weighted by Gasteiger charge is -2.53. The largest absolute Gasteiger partial charge is 0.315 e. The van der Waals surface area contributed by atoms with Crippen LogP contribution in [0, 0.1) is 5.41 Å². The van der Waals surface area contributed by atoms with Crippen LogP contribution < -0.4 is 5.32 Å². The van der Waals surface area contributed by atoms with Gasteiger partial charge in [0.15, 0.2) is 0 Å². The van der Waals surface area contributed by atoms with Crippen LogP contribution in [0.5, 0.6) is 0 Å². The third kappa shape index (κ3) is 2.36. The molecule has 2 fully saturated rings. The Morgan fingerprint density at radius 1 is 1.20 bits per heavy atom. The number of rotatable bonds is 3. The topological polar surface area (TPSA) is 15.3 Å². The number of hydrogen-bond acceptors (Lipinski definition) is 2. The second-order valence-electron chi connectivity index (χ2n) is 5.47. The van der Waals surface area contributed by atoms with Gasteiger partial charge in [-0.25, -0.2) is 0 Å². The van der Waals surface area contributed by atoms with Crippen molar-refractivity contribution in [2.75, 3.05) is 26.2 Å². The van der Waals surface area contributed by atoms with Crippen molar-refractivity contribution >= 4 is 0 Å². The van der Waals surface area contributed by atoms with Gasteiger partial charge in [0, 0.05) is 25.7 Å². The lowest BCUT2D eigenvalue weighted by molar-refractivity contribution is -0.0374. The van der Waals surface area contributed by atoms with Crippen LogP contribution >= 0.6 is 0 Å². The first-order valence-electron chi connectivity index (χ1n) is 6.74. The minimum Gasteiger partial charge on any atom is -0.315 e. The monoisotopic (exact) mass is 210 g/mol. The Morgan fingerprint density at radius 2 is 1.93 bits per heavy atom. The van der Waals surface area contributed by atoms with Crippen LogP contribution in [-0.2, 0) is 0 Å². The Balaban J connectivity index is 1.81. The van der Waals surface area contributed by atoms with Crippen LogP contribution in [0.25, 0.3) is 0 Å². The van der Waals surface area contributed by atoms with E-state index < -0.39 is 0 Å². The molecule has 2 rings (SSSR count). The highest BCUT2D eigenvalue weighted by Crippen LogP contribution is 2.38. The summed E-state index contributed by atoms with van der Waals surface area (Å²) in [5.74, 6) is 0. The molecule has 2 saturated heterocycles. The Bertz CT molecular complexity index is 183. The first-order chi connectivity index (χ1) is 7.29. The Labute approximate surface area is 94.4 Å². The van der Waals surface area contributed by atoms with E-state index in [0.717, 1.165) is 6.04 Å². The van der Waals surface area contributed by atoms with E-state index in [0.29, 0.717) is 5.41 Å². The van der Waals surface area contributed by atoms with Gasteiger partial charge in [-0.3, -0.25) is 4.90 Å². The highest BCUT2D eigenvalue weighted by Gasteiger charge is 2.42. The summed E-state index contributed by atoms with van der Waals surface area (Å²) >= 11 is 0. The molecule has 1 unspecified atom stereocenters. The molecule has 2 heterocycles. The summed E-state index contributed by atoms with van der Waals surface area (Å²) in [6.45, 7) is 9.87. The average Bonchev–Trinajstić information content (AvgIpc) is 2.47. The SMILES string of the molecule is CCC1(CC)CN(C2CCCCNC2)C1. The maximum Gasteiger partial charge on any atom is 0.0221 e. The van der Waals surface area contributed by atoms with Crippen molar-refractivity contribution in [2.45, 2.75) is 52.0 Å². The number of hydrogen-bond donors (Lipinski definition) is 1. The zero-order valence-corrected chi connectivity index (χ0v) is 10.4. The summed E-state index contributed by atoms with van der Waals surface area (Å²) in [4.78, 5) is 2.71. The average molecular weight is 210 g/mol. The fraction of sp³-hybridized carbons (Fsp3) is 1.00. The lowest BCUT2D eigenvalue weighted by Crippen LogP contribution is -2.60. The van der Waals surface area contributed by atoms with Gasteiger partial charge in [0.25, 0.3) is 0 Å². The van der Waals surface area contributed by atoms with E-state index >= 15 is 0 Å². The molecule has 2 nitrogen and oxygen atoms in total. The molecule has 0 saturated carbocycles. The van der Waals surface area contributed by atoms with Crippen LogP contribution in [0.15, 0.2) is 0 Å². The van der Waals surface area contributed by atoms with Gasteiger partial charge in [-0.1, -0.05) is 20.3 Å². The molecule has 2 heteroatoms. The van der Waals surface area contributed by atoms with Crippen LogP contribution in [0.1, 0.15) is 46.0 Å². The van der Waals surface area contributed by atoms with Gasteiger partial charge in [-0.05, 0) is 37.6 Å². The highest BCUT2D eigenvalue weighted by molar-refractivity contribution is 4.96. The zero-order valence-electron chi connectivity index (χ0n) is 10.4. The van der Waals surface area contributed by atoms with E-state index in [1.54, 1.807) is 0 Å². The molecule has 0 spiro atoms. The van der Waals surface area contributed by atoms with Gasteiger partial charge in [0.05, 0.1) is 0 Å². The van der Waals surface area contributed by atoms with Crippen LogP contribution in [-0.4, -0.2) is 37.1 Å². The normalized spacial score (nSPS) is 32.0. The van der Waals surface area contributed by atoms with Gasteiger partial charge in [-0.15, -0.1) is 0 Å². The molecule has 0 aliphatic carbocycles. The van der Waals surface area contributed by atoms with Crippen molar-refractivity contribution < 1.29 is 0 Å². The molecular formula is C13H26N2. The summed E-state index contributed by atoms with van der Waals surface area (Å²) in [6, 6.07) is 0.832. The number of nitrogens with one attached hydrogen (secondary N) is 1. The van der Waals surface area contributed by atoms with E-state index in [2.05, 4.69) is 24.1 Å². The molecule has 0 amide bonds. The van der Waals surface area contributed by atoms with Crippen LogP contribution in [0.4, 0.5) is 0 Å². The van der Waals surface area contributed by atoms with E-state index in [-0.39, 0.29) is 0 Å². The van der Waals surface area contributed by atoms with Crippen molar-refractivity contribution in [1.29, 1.82) is 0 Å². The summed E-state index contributed by atoms with van der Waals surface area (Å²) in [5.41, 5.74) is 0.673. The molecule has 0 bridgehead atoms. The van der Waals surface area contributed by atoms with Crippen LogP contribution in [0.3, 0.4) is 0 Å². The third-order valence-corrected chi connectivity index (χ3v) is 4.61. The Morgan fingerprint density at radius 3 is 2.60 bits per heavy atom. The van der Waals surface area contributed by atoms with E-state index in [1.807, 2.05) is 0 Å². The molecular weight excluding hydrogens is 184 g/mol. The number of nitrogens with zero attached hydrogens (tertiary/aromatic N) is 1. The van der Waals surface area contributed by atoms with Gasteiger partial charge >= 0.3 is 0 Å². The van der Waals surface area contributed by atoms with Gasteiger partial charge in [0.2, 0.25) is 0 Å². The molecule has 0 aromatic rings. The summed E-state index contributed by atoms with van der Waals surface area (Å²) in [6.07, 6.45) is 6.92. The first-order valence-corrected chi connectivity index (χ1v) is 6.74. The molecule has 0 radical (unpaired) electrons. The van der Waals surface area contributed by atoms with E-state index in [1.165, 1.54) is 58.3 Å². The van der Waals surface area contributed by atoms with Gasteiger partial charge in [-0.2, -0.15) is 0 Å². The van der Waals surface area contributed by atoms with E-state index in [4.69, 9.17) is 0 Å². The molecule has 0 aromatic heterocycles. The van der Waals surface area contributed by atoms with Crippen LogP contribution in [0.2, 0.25) is 0 Å². The minimum atomic E-state index is 0.673. The quantitative estimate of drug-likeness (QED) is 0.768. The Kier molecular flexibility index (Phi) is 3.68. The molecule has 88 valence electrons. The molecule has 1 N–H and O–H groups in total. The van der Waals surface area contributed by atoms with Gasteiger partial charge < -0.3 is 5.32 Å². The second kappa shape index (κ2) is 4.84. The maximum absolute atomic E-state index is 3.57. The van der Waals surface area contributed by atoms with Crippen molar-refractivity contribution in [2.24, 2.45) is 5.41 Å². The van der Waals surface area contributed by atoms with Crippen molar-refractivity contribution in [3.8, 4) is 0 Å². The molecule has 15 heavy (non-hydrogen) atoms. The minimum absolute atomic E-state index is 0.673. The molecule has 2 aliphatic rings. The van der Waals surface area contributed by atoms with Crippen molar-refractivity contribution in [3.63, 3.8) is 0 Å². The molecule has 1 atom stereocenters. The maximum atomic E-state index is 3.57. The summed E-state index contributed by atoms with van der Waals surface area (Å²) in [5, 5.41) is 3.57. The number of likely N-dealkylation sites (tertiary alicyclic amines) is 1. The van der Waals surface area contributed by atoms with Gasteiger partial charge in [0.1, 0.15) is 0 Å². The second-order valence-corrected chi connectivity index (χ2v) is 5.47. The smallest absolute Gasteiger partial charge is 0.0221 e. The fourth-order valence-corrected chi connectivity index (χ4v) is 3.08. The van der Waals surface area contributed by atoms with Crippen molar-refractivity contribution in [1.82, 2.24) is 10.2 Å².